The van der Waals surface area contributed by atoms with Crippen LogP contribution in [0.1, 0.15) is 5.56 Å². The number of benzene rings is 1. The zero-order chi connectivity index (χ0) is 10.0. The molecule has 0 fully saturated rings. The average molecular weight is 203 g/mol. The Hall–Kier alpha value is -1.09. The van der Waals surface area contributed by atoms with E-state index in [0.29, 0.717) is 11.5 Å². The van der Waals surface area contributed by atoms with Crippen molar-refractivity contribution in [3.05, 3.63) is 16.7 Å². The van der Waals surface area contributed by atoms with Crippen molar-refractivity contribution >= 4 is 11.6 Å². The minimum atomic E-state index is -0.0408. The molecular formula is C9H11ClO3. The molecule has 0 spiro atoms. The van der Waals surface area contributed by atoms with Gasteiger partial charge in [0.15, 0.2) is 0 Å². The Balaban J connectivity index is 3.39. The summed E-state index contributed by atoms with van der Waals surface area (Å²) in [5.41, 5.74) is 0.771. The maximum Gasteiger partial charge on any atom is 0.147 e. The van der Waals surface area contributed by atoms with Crippen molar-refractivity contribution in [2.45, 2.75) is 6.92 Å². The zero-order valence-corrected chi connectivity index (χ0v) is 8.47. The van der Waals surface area contributed by atoms with Gasteiger partial charge in [-0.1, -0.05) is 11.6 Å². The number of hydrogen-bond acceptors (Lipinski definition) is 3. The van der Waals surface area contributed by atoms with Crippen LogP contribution in [0.4, 0.5) is 0 Å². The molecule has 0 saturated heterocycles. The molecule has 1 rings (SSSR count). The number of aromatic hydroxyl groups is 1. The fraction of sp³-hybridized carbons (Fsp3) is 0.333. The number of methoxy groups -OCH3 is 2. The standard InChI is InChI=1S/C9H11ClO3/c1-5-7(12-2)4-6(11)8(10)9(5)13-3/h4,11H,1-3H3. The monoisotopic (exact) mass is 202 g/mol. The smallest absolute Gasteiger partial charge is 0.147 e. The van der Waals surface area contributed by atoms with E-state index in [1.165, 1.54) is 20.3 Å². The second-order valence-electron chi connectivity index (χ2n) is 2.57. The van der Waals surface area contributed by atoms with Gasteiger partial charge < -0.3 is 14.6 Å². The molecule has 0 bridgehead atoms. The van der Waals surface area contributed by atoms with Gasteiger partial charge in [0.1, 0.15) is 22.3 Å². The highest BCUT2D eigenvalue weighted by Gasteiger charge is 2.14. The summed E-state index contributed by atoms with van der Waals surface area (Å²) >= 11 is 5.80. The highest BCUT2D eigenvalue weighted by molar-refractivity contribution is 6.33. The van der Waals surface area contributed by atoms with E-state index in [2.05, 4.69) is 0 Å². The molecule has 4 heteroatoms. The first kappa shape index (κ1) is 9.99. The minimum Gasteiger partial charge on any atom is -0.506 e. The Kier molecular flexibility index (Phi) is 2.88. The lowest BCUT2D eigenvalue weighted by molar-refractivity contribution is 0.380. The fourth-order valence-corrected chi connectivity index (χ4v) is 1.42. The van der Waals surface area contributed by atoms with E-state index in [1.54, 1.807) is 0 Å². The molecule has 0 unspecified atom stereocenters. The van der Waals surface area contributed by atoms with Crippen LogP contribution in [0.25, 0.3) is 0 Å². The zero-order valence-electron chi connectivity index (χ0n) is 7.72. The molecule has 0 aliphatic rings. The summed E-state index contributed by atoms with van der Waals surface area (Å²) in [7, 11) is 3.02. The quantitative estimate of drug-likeness (QED) is 0.800. The topological polar surface area (TPSA) is 38.7 Å². The summed E-state index contributed by atoms with van der Waals surface area (Å²) in [5, 5.41) is 9.58. The first-order chi connectivity index (χ1) is 6.11. The summed E-state index contributed by atoms with van der Waals surface area (Å²) in [5.74, 6) is 0.957. The van der Waals surface area contributed by atoms with Crippen molar-refractivity contribution in [3.63, 3.8) is 0 Å². The van der Waals surface area contributed by atoms with Crippen LogP contribution in [0.5, 0.6) is 17.2 Å². The summed E-state index contributed by atoms with van der Waals surface area (Å²) in [6.45, 7) is 1.81. The van der Waals surface area contributed by atoms with Gasteiger partial charge in [0.2, 0.25) is 0 Å². The second-order valence-corrected chi connectivity index (χ2v) is 2.95. The predicted octanol–water partition coefficient (Wildman–Crippen LogP) is 2.37. The third-order valence-electron chi connectivity index (χ3n) is 1.83. The Labute approximate surface area is 81.9 Å². The van der Waals surface area contributed by atoms with Gasteiger partial charge in [-0.25, -0.2) is 0 Å². The normalized spacial score (nSPS) is 9.85. The Bertz CT molecular complexity index is 323. The molecule has 1 N–H and O–H groups in total. The molecule has 0 saturated carbocycles. The highest BCUT2D eigenvalue weighted by Crippen LogP contribution is 2.41. The van der Waals surface area contributed by atoms with Gasteiger partial charge in [-0.2, -0.15) is 0 Å². The molecule has 1 aromatic carbocycles. The van der Waals surface area contributed by atoms with Crippen LogP contribution in [-0.2, 0) is 0 Å². The number of halogens is 1. The molecule has 0 heterocycles. The van der Waals surface area contributed by atoms with Crippen molar-refractivity contribution in [1.29, 1.82) is 0 Å². The summed E-state index contributed by atoms with van der Waals surface area (Å²) in [4.78, 5) is 0. The lowest BCUT2D eigenvalue weighted by Gasteiger charge is -2.12. The molecule has 1 aromatic rings. The number of phenols is 1. The molecule has 13 heavy (non-hydrogen) atoms. The van der Waals surface area contributed by atoms with E-state index in [1.807, 2.05) is 6.92 Å². The first-order valence-corrected chi connectivity index (χ1v) is 4.09. The SMILES string of the molecule is COc1cc(O)c(Cl)c(OC)c1C. The molecule has 0 aliphatic carbocycles. The maximum atomic E-state index is 9.38. The Morgan fingerprint density at radius 3 is 2.38 bits per heavy atom. The van der Waals surface area contributed by atoms with E-state index in [4.69, 9.17) is 21.1 Å². The van der Waals surface area contributed by atoms with E-state index < -0.39 is 0 Å². The fourth-order valence-electron chi connectivity index (χ4n) is 1.14. The second kappa shape index (κ2) is 3.75. The first-order valence-electron chi connectivity index (χ1n) is 3.71. The van der Waals surface area contributed by atoms with Crippen LogP contribution < -0.4 is 9.47 Å². The van der Waals surface area contributed by atoms with Crippen molar-refractivity contribution in [3.8, 4) is 17.2 Å². The number of rotatable bonds is 2. The van der Waals surface area contributed by atoms with Gasteiger partial charge in [0, 0.05) is 11.6 Å². The van der Waals surface area contributed by atoms with Crippen LogP contribution in [-0.4, -0.2) is 19.3 Å². The van der Waals surface area contributed by atoms with Gasteiger partial charge in [-0.3, -0.25) is 0 Å². The van der Waals surface area contributed by atoms with E-state index in [-0.39, 0.29) is 10.8 Å². The average Bonchev–Trinajstić information content (AvgIpc) is 2.12. The van der Waals surface area contributed by atoms with Crippen molar-refractivity contribution in [2.75, 3.05) is 14.2 Å². The molecule has 0 aromatic heterocycles. The summed E-state index contributed by atoms with van der Waals surface area (Å²) < 4.78 is 10.1. The van der Waals surface area contributed by atoms with E-state index in [0.717, 1.165) is 5.56 Å². The molecule has 3 nitrogen and oxygen atoms in total. The van der Waals surface area contributed by atoms with Crippen LogP contribution in [0.15, 0.2) is 6.07 Å². The van der Waals surface area contributed by atoms with Gasteiger partial charge in [-0.15, -0.1) is 0 Å². The van der Waals surface area contributed by atoms with Crippen molar-refractivity contribution in [2.24, 2.45) is 0 Å². The predicted molar refractivity (Wildman–Crippen MR) is 51.0 cm³/mol. The molecule has 0 radical (unpaired) electrons. The number of phenolic OH excluding ortho intramolecular Hbond substituents is 1. The maximum absolute atomic E-state index is 9.38. The number of hydrogen-bond donors (Lipinski definition) is 1. The van der Waals surface area contributed by atoms with Crippen LogP contribution >= 0.6 is 11.6 Å². The number of ether oxygens (including phenoxy) is 2. The van der Waals surface area contributed by atoms with Gasteiger partial charge in [0.05, 0.1) is 14.2 Å². The molecule has 0 atom stereocenters. The molecule has 0 amide bonds. The minimum absolute atomic E-state index is 0.0408. The van der Waals surface area contributed by atoms with Crippen molar-refractivity contribution < 1.29 is 14.6 Å². The largest absolute Gasteiger partial charge is 0.506 e. The lowest BCUT2D eigenvalue weighted by Crippen LogP contribution is -1.93. The molecule has 72 valence electrons. The highest BCUT2D eigenvalue weighted by atomic mass is 35.5. The third-order valence-corrected chi connectivity index (χ3v) is 2.19. The lowest BCUT2D eigenvalue weighted by atomic mass is 10.2. The van der Waals surface area contributed by atoms with Gasteiger partial charge in [-0.05, 0) is 6.92 Å². The van der Waals surface area contributed by atoms with Crippen molar-refractivity contribution in [1.82, 2.24) is 0 Å². The molecular weight excluding hydrogens is 192 g/mol. The van der Waals surface area contributed by atoms with Crippen LogP contribution in [0.2, 0.25) is 5.02 Å². The van der Waals surface area contributed by atoms with Gasteiger partial charge >= 0.3 is 0 Å². The van der Waals surface area contributed by atoms with Gasteiger partial charge in [0.25, 0.3) is 0 Å². The van der Waals surface area contributed by atoms with Crippen LogP contribution in [0, 0.1) is 6.92 Å². The molecule has 0 aliphatic heterocycles. The summed E-state index contributed by atoms with van der Waals surface area (Å²) in [6, 6.07) is 1.46. The summed E-state index contributed by atoms with van der Waals surface area (Å²) in [6.07, 6.45) is 0. The Morgan fingerprint density at radius 2 is 1.92 bits per heavy atom. The third kappa shape index (κ3) is 1.65. The van der Waals surface area contributed by atoms with Crippen LogP contribution in [0.3, 0.4) is 0 Å². The van der Waals surface area contributed by atoms with E-state index in [9.17, 15) is 5.11 Å². The van der Waals surface area contributed by atoms with E-state index >= 15 is 0 Å². The Morgan fingerprint density at radius 1 is 1.31 bits per heavy atom.